The molecule has 0 amide bonds. The molecule has 14 heavy (non-hydrogen) atoms. The molecular weight excluding hydrogens is 176 g/mol. The molecule has 3 nitrogen and oxygen atoms in total. The fourth-order valence-corrected chi connectivity index (χ4v) is 1.55. The van der Waals surface area contributed by atoms with E-state index in [2.05, 4.69) is 16.3 Å². The minimum absolute atomic E-state index is 0.914. The van der Waals surface area contributed by atoms with Crippen LogP contribution in [0.1, 0.15) is 0 Å². The molecule has 0 aliphatic heterocycles. The number of hydrogen-bond donors (Lipinski definition) is 1. The number of fused-ring (bicyclic) bond motifs is 1. The van der Waals surface area contributed by atoms with E-state index in [1.54, 1.807) is 12.5 Å². The Morgan fingerprint density at radius 1 is 1.14 bits per heavy atom. The van der Waals surface area contributed by atoms with Crippen molar-refractivity contribution >= 4 is 11.0 Å². The molecule has 1 N–H and O–H groups in total. The summed E-state index contributed by atoms with van der Waals surface area (Å²) in [5.74, 6) is 0. The average molecular weight is 184 g/mol. The van der Waals surface area contributed by atoms with Crippen LogP contribution in [0.25, 0.3) is 22.1 Å². The number of nitrogens with zero attached hydrogens (tertiary/aromatic N) is 1. The summed E-state index contributed by atoms with van der Waals surface area (Å²) in [7, 11) is 0. The molecule has 0 unspecified atom stereocenters. The van der Waals surface area contributed by atoms with Gasteiger partial charge in [0.15, 0.2) is 0 Å². The fourth-order valence-electron chi connectivity index (χ4n) is 1.55. The SMILES string of the molecule is c1cc2cc(-c3cn[nH]c3)ccc2o1. The molecule has 0 bridgehead atoms. The molecule has 2 aromatic heterocycles. The van der Waals surface area contributed by atoms with Crippen molar-refractivity contribution in [3.63, 3.8) is 0 Å². The Balaban J connectivity index is 2.23. The summed E-state index contributed by atoms with van der Waals surface area (Å²) in [6.07, 6.45) is 5.38. The fraction of sp³-hybridized carbons (Fsp3) is 0. The van der Waals surface area contributed by atoms with Gasteiger partial charge in [0.1, 0.15) is 5.58 Å². The quantitative estimate of drug-likeness (QED) is 0.631. The van der Waals surface area contributed by atoms with Crippen LogP contribution >= 0.6 is 0 Å². The van der Waals surface area contributed by atoms with Gasteiger partial charge in [0.25, 0.3) is 0 Å². The van der Waals surface area contributed by atoms with E-state index in [4.69, 9.17) is 4.42 Å². The topological polar surface area (TPSA) is 41.8 Å². The number of H-pyrrole nitrogens is 1. The van der Waals surface area contributed by atoms with Gasteiger partial charge in [-0.15, -0.1) is 0 Å². The Labute approximate surface area is 80.4 Å². The monoisotopic (exact) mass is 184 g/mol. The van der Waals surface area contributed by atoms with Crippen LogP contribution < -0.4 is 0 Å². The number of hydrogen-bond acceptors (Lipinski definition) is 2. The van der Waals surface area contributed by atoms with E-state index in [0.29, 0.717) is 0 Å². The van der Waals surface area contributed by atoms with E-state index in [-0.39, 0.29) is 0 Å². The van der Waals surface area contributed by atoms with Gasteiger partial charge in [-0.05, 0) is 23.8 Å². The Morgan fingerprint density at radius 2 is 2.14 bits per heavy atom. The summed E-state index contributed by atoms with van der Waals surface area (Å²) in [6.45, 7) is 0. The highest BCUT2D eigenvalue weighted by molar-refractivity contribution is 5.83. The summed E-state index contributed by atoms with van der Waals surface area (Å²) in [5, 5.41) is 7.83. The smallest absolute Gasteiger partial charge is 0.133 e. The van der Waals surface area contributed by atoms with Crippen molar-refractivity contribution in [2.24, 2.45) is 0 Å². The zero-order valence-electron chi connectivity index (χ0n) is 7.40. The lowest BCUT2D eigenvalue weighted by Crippen LogP contribution is -1.72. The van der Waals surface area contributed by atoms with Crippen LogP contribution in [0.5, 0.6) is 0 Å². The van der Waals surface area contributed by atoms with E-state index in [9.17, 15) is 0 Å². The van der Waals surface area contributed by atoms with Crippen LogP contribution in [-0.4, -0.2) is 10.2 Å². The second-order valence-corrected chi connectivity index (χ2v) is 3.16. The minimum atomic E-state index is 0.914. The normalized spacial score (nSPS) is 10.9. The first-order chi connectivity index (χ1) is 6.93. The van der Waals surface area contributed by atoms with Gasteiger partial charge in [-0.2, -0.15) is 5.10 Å². The van der Waals surface area contributed by atoms with E-state index in [1.807, 2.05) is 24.4 Å². The lowest BCUT2D eigenvalue weighted by molar-refractivity contribution is 0.616. The maximum absolute atomic E-state index is 5.27. The van der Waals surface area contributed by atoms with Crippen molar-refractivity contribution in [1.29, 1.82) is 0 Å². The summed E-state index contributed by atoms with van der Waals surface area (Å²) in [6, 6.07) is 8.04. The molecule has 68 valence electrons. The Bertz CT molecular complexity index is 551. The molecule has 0 aliphatic carbocycles. The Morgan fingerprint density at radius 3 is 3.00 bits per heavy atom. The molecule has 2 heterocycles. The first kappa shape index (κ1) is 7.38. The van der Waals surface area contributed by atoms with Gasteiger partial charge < -0.3 is 4.42 Å². The first-order valence-electron chi connectivity index (χ1n) is 4.40. The maximum Gasteiger partial charge on any atom is 0.133 e. The molecule has 0 atom stereocenters. The van der Waals surface area contributed by atoms with Crippen molar-refractivity contribution < 1.29 is 4.42 Å². The number of aromatic amines is 1. The standard InChI is InChI=1S/C11H8N2O/c1-2-11-9(3-4-14-11)5-8(1)10-6-12-13-7-10/h1-7H,(H,12,13). The maximum atomic E-state index is 5.27. The molecule has 0 spiro atoms. The summed E-state index contributed by atoms with van der Waals surface area (Å²) in [4.78, 5) is 0. The average Bonchev–Trinajstić information content (AvgIpc) is 2.88. The molecule has 3 rings (SSSR count). The van der Waals surface area contributed by atoms with Crippen molar-refractivity contribution in [1.82, 2.24) is 10.2 Å². The predicted octanol–water partition coefficient (Wildman–Crippen LogP) is 2.82. The summed E-state index contributed by atoms with van der Waals surface area (Å²) in [5.41, 5.74) is 3.15. The third-order valence-corrected chi connectivity index (χ3v) is 2.28. The minimum Gasteiger partial charge on any atom is -0.464 e. The zero-order chi connectivity index (χ0) is 9.38. The summed E-state index contributed by atoms with van der Waals surface area (Å²) < 4.78 is 5.27. The van der Waals surface area contributed by atoms with Crippen LogP contribution in [0, 0.1) is 0 Å². The Kier molecular flexibility index (Phi) is 1.44. The van der Waals surface area contributed by atoms with Crippen LogP contribution in [0.4, 0.5) is 0 Å². The first-order valence-corrected chi connectivity index (χ1v) is 4.40. The third kappa shape index (κ3) is 1.03. The largest absolute Gasteiger partial charge is 0.464 e. The number of furan rings is 1. The predicted molar refractivity (Wildman–Crippen MR) is 53.8 cm³/mol. The van der Waals surface area contributed by atoms with Crippen molar-refractivity contribution in [2.75, 3.05) is 0 Å². The number of rotatable bonds is 1. The van der Waals surface area contributed by atoms with Crippen LogP contribution in [0.2, 0.25) is 0 Å². The van der Waals surface area contributed by atoms with Gasteiger partial charge in [0.2, 0.25) is 0 Å². The molecule has 0 fully saturated rings. The lowest BCUT2D eigenvalue weighted by atomic mass is 10.1. The van der Waals surface area contributed by atoms with Gasteiger partial charge >= 0.3 is 0 Å². The van der Waals surface area contributed by atoms with Gasteiger partial charge in [-0.1, -0.05) is 6.07 Å². The zero-order valence-corrected chi connectivity index (χ0v) is 7.40. The second-order valence-electron chi connectivity index (χ2n) is 3.16. The molecule has 1 aromatic carbocycles. The molecule has 0 saturated carbocycles. The molecule has 0 radical (unpaired) electrons. The van der Waals surface area contributed by atoms with Gasteiger partial charge in [0.05, 0.1) is 12.5 Å². The highest BCUT2D eigenvalue weighted by Crippen LogP contribution is 2.23. The molecular formula is C11H8N2O. The van der Waals surface area contributed by atoms with Crippen LogP contribution in [0.15, 0.2) is 47.3 Å². The van der Waals surface area contributed by atoms with Crippen molar-refractivity contribution in [3.05, 3.63) is 42.9 Å². The van der Waals surface area contributed by atoms with Crippen LogP contribution in [-0.2, 0) is 0 Å². The van der Waals surface area contributed by atoms with E-state index >= 15 is 0 Å². The van der Waals surface area contributed by atoms with Crippen molar-refractivity contribution in [2.45, 2.75) is 0 Å². The van der Waals surface area contributed by atoms with Gasteiger partial charge in [-0.25, -0.2) is 0 Å². The summed E-state index contributed by atoms with van der Waals surface area (Å²) >= 11 is 0. The molecule has 0 saturated heterocycles. The second kappa shape index (κ2) is 2.73. The van der Waals surface area contributed by atoms with E-state index in [0.717, 1.165) is 22.1 Å². The number of nitrogens with one attached hydrogen (secondary N) is 1. The molecule has 0 aliphatic rings. The number of aromatic nitrogens is 2. The molecule has 3 aromatic rings. The van der Waals surface area contributed by atoms with Crippen LogP contribution in [0.3, 0.4) is 0 Å². The third-order valence-electron chi connectivity index (χ3n) is 2.28. The lowest BCUT2D eigenvalue weighted by Gasteiger charge is -1.95. The number of benzene rings is 1. The highest BCUT2D eigenvalue weighted by Gasteiger charge is 2.01. The highest BCUT2D eigenvalue weighted by atomic mass is 16.3. The van der Waals surface area contributed by atoms with Crippen molar-refractivity contribution in [3.8, 4) is 11.1 Å². The Hall–Kier alpha value is -2.03. The molecule has 3 heteroatoms. The van der Waals surface area contributed by atoms with Gasteiger partial charge in [0, 0.05) is 17.1 Å². The van der Waals surface area contributed by atoms with E-state index < -0.39 is 0 Å². The van der Waals surface area contributed by atoms with E-state index in [1.165, 1.54) is 0 Å². The van der Waals surface area contributed by atoms with Gasteiger partial charge in [-0.3, -0.25) is 5.10 Å².